The van der Waals surface area contributed by atoms with E-state index in [1.165, 1.54) is 31.2 Å². The van der Waals surface area contributed by atoms with Crippen molar-refractivity contribution in [1.82, 2.24) is 0 Å². The lowest BCUT2D eigenvalue weighted by Gasteiger charge is -2.14. The highest BCUT2D eigenvalue weighted by atomic mass is 32.2. The Labute approximate surface area is 157 Å². The Morgan fingerprint density at radius 2 is 1.74 bits per heavy atom. The maximum Gasteiger partial charge on any atom is 0.344 e. The molecule has 0 aliphatic heterocycles. The van der Waals surface area contributed by atoms with E-state index in [0.717, 1.165) is 5.56 Å². The number of esters is 1. The van der Waals surface area contributed by atoms with Gasteiger partial charge in [-0.25, -0.2) is 18.4 Å². The number of hydrogen-bond acceptors (Lipinski definition) is 6. The van der Waals surface area contributed by atoms with E-state index in [0.29, 0.717) is 11.4 Å². The Bertz CT molecular complexity index is 925. The molecule has 9 heteroatoms. The molecule has 0 saturated heterocycles. The summed E-state index contributed by atoms with van der Waals surface area (Å²) < 4.78 is 32.8. The van der Waals surface area contributed by atoms with Crippen molar-refractivity contribution in [3.63, 3.8) is 0 Å². The van der Waals surface area contributed by atoms with Gasteiger partial charge in [-0.3, -0.25) is 4.79 Å². The number of aryl methyl sites for hydroxylation is 1. The maximum atomic E-state index is 12.1. The molecule has 2 aromatic carbocycles. The number of hydrogen-bond donors (Lipinski definition) is 2. The van der Waals surface area contributed by atoms with Crippen LogP contribution in [0.15, 0.2) is 53.4 Å². The average molecular weight is 392 g/mol. The van der Waals surface area contributed by atoms with Crippen LogP contribution in [0.2, 0.25) is 0 Å². The number of nitrogens with two attached hydrogens (primary N) is 1. The first-order chi connectivity index (χ1) is 12.7. The Morgan fingerprint density at radius 1 is 1.11 bits per heavy atom. The first-order valence-corrected chi connectivity index (χ1v) is 9.53. The summed E-state index contributed by atoms with van der Waals surface area (Å²) in [5, 5.41) is 7.52. The summed E-state index contributed by atoms with van der Waals surface area (Å²) in [6.45, 7) is 2.93. The van der Waals surface area contributed by atoms with Gasteiger partial charge in [0.15, 0.2) is 12.7 Å². The van der Waals surface area contributed by atoms with E-state index in [1.807, 2.05) is 19.1 Å². The maximum absolute atomic E-state index is 12.1. The third-order valence-corrected chi connectivity index (χ3v) is 4.50. The highest BCUT2D eigenvalue weighted by molar-refractivity contribution is 7.89. The van der Waals surface area contributed by atoms with Gasteiger partial charge in [-0.15, -0.1) is 0 Å². The topological polar surface area (TPSA) is 125 Å². The number of carbonyl (C=O) groups is 2. The lowest BCUT2D eigenvalue weighted by atomic mass is 10.2. The molecule has 2 rings (SSSR count). The SMILES string of the molecule is Cc1ccccc1OCC(=O)O[C@H](C)C(=O)Nc1ccc(S(N)(=O)=O)cc1. The van der Waals surface area contributed by atoms with Crippen molar-refractivity contribution in [1.29, 1.82) is 0 Å². The van der Waals surface area contributed by atoms with E-state index >= 15 is 0 Å². The molecule has 0 aromatic heterocycles. The average Bonchev–Trinajstić information content (AvgIpc) is 2.60. The first-order valence-electron chi connectivity index (χ1n) is 7.98. The molecule has 144 valence electrons. The number of rotatable bonds is 7. The normalized spacial score (nSPS) is 12.1. The zero-order chi connectivity index (χ0) is 20.0. The molecule has 0 fully saturated rings. The smallest absolute Gasteiger partial charge is 0.344 e. The molecule has 0 heterocycles. The van der Waals surface area contributed by atoms with Crippen molar-refractivity contribution >= 4 is 27.6 Å². The van der Waals surface area contributed by atoms with Gasteiger partial charge in [-0.1, -0.05) is 18.2 Å². The third kappa shape index (κ3) is 6.08. The van der Waals surface area contributed by atoms with E-state index in [-0.39, 0.29) is 11.5 Å². The molecule has 3 N–H and O–H groups in total. The van der Waals surface area contributed by atoms with Gasteiger partial charge in [-0.2, -0.15) is 0 Å². The minimum atomic E-state index is -3.81. The molecule has 0 radical (unpaired) electrons. The third-order valence-electron chi connectivity index (χ3n) is 3.57. The molecule has 0 aliphatic carbocycles. The molecular weight excluding hydrogens is 372 g/mol. The summed E-state index contributed by atoms with van der Waals surface area (Å²) in [5.74, 6) is -0.699. The van der Waals surface area contributed by atoms with Crippen molar-refractivity contribution in [3.8, 4) is 5.75 Å². The number of para-hydroxylation sites is 1. The number of benzene rings is 2. The van der Waals surface area contributed by atoms with Gasteiger partial charge >= 0.3 is 5.97 Å². The second-order valence-electron chi connectivity index (χ2n) is 5.74. The fourth-order valence-electron chi connectivity index (χ4n) is 2.11. The van der Waals surface area contributed by atoms with Crippen LogP contribution in [-0.2, 0) is 24.3 Å². The molecule has 8 nitrogen and oxygen atoms in total. The highest BCUT2D eigenvalue weighted by Crippen LogP contribution is 2.16. The van der Waals surface area contributed by atoms with Gasteiger partial charge in [0.25, 0.3) is 5.91 Å². The van der Waals surface area contributed by atoms with Crippen LogP contribution in [0.25, 0.3) is 0 Å². The van der Waals surface area contributed by atoms with Crippen molar-refractivity contribution in [2.45, 2.75) is 24.8 Å². The molecule has 0 aliphatic rings. The summed E-state index contributed by atoms with van der Waals surface area (Å²) in [5.41, 5.74) is 1.21. The summed E-state index contributed by atoms with van der Waals surface area (Å²) in [6, 6.07) is 12.5. The summed E-state index contributed by atoms with van der Waals surface area (Å²) in [6.07, 6.45) is -1.06. The molecule has 2 aromatic rings. The molecule has 0 unspecified atom stereocenters. The van der Waals surface area contributed by atoms with Gasteiger partial charge in [0, 0.05) is 5.69 Å². The summed E-state index contributed by atoms with van der Waals surface area (Å²) >= 11 is 0. The number of ether oxygens (including phenoxy) is 2. The predicted octanol–water partition coefficient (Wildman–Crippen LogP) is 1.59. The van der Waals surface area contributed by atoms with Crippen molar-refractivity contribution < 1.29 is 27.5 Å². The molecular formula is C18H20N2O6S. The quantitative estimate of drug-likeness (QED) is 0.690. The van der Waals surface area contributed by atoms with Gasteiger partial charge < -0.3 is 14.8 Å². The van der Waals surface area contributed by atoms with E-state index in [4.69, 9.17) is 14.6 Å². The van der Waals surface area contributed by atoms with Crippen molar-refractivity contribution in [2.24, 2.45) is 5.14 Å². The lowest BCUT2D eigenvalue weighted by Crippen LogP contribution is -2.31. The second kappa shape index (κ2) is 8.65. The predicted molar refractivity (Wildman–Crippen MR) is 98.7 cm³/mol. The lowest BCUT2D eigenvalue weighted by molar-refractivity contribution is -0.155. The molecule has 1 atom stereocenters. The van der Waals surface area contributed by atoms with Gasteiger partial charge in [-0.05, 0) is 49.7 Å². The number of primary sulfonamides is 1. The summed E-state index contributed by atoms with van der Waals surface area (Å²) in [7, 11) is -3.81. The van der Waals surface area contributed by atoms with Crippen LogP contribution in [0.3, 0.4) is 0 Å². The zero-order valence-corrected chi connectivity index (χ0v) is 15.7. The van der Waals surface area contributed by atoms with Crippen LogP contribution >= 0.6 is 0 Å². The van der Waals surface area contributed by atoms with Crippen LogP contribution in [0.4, 0.5) is 5.69 Å². The number of anilines is 1. The number of amides is 1. The van der Waals surface area contributed by atoms with Gasteiger partial charge in [0.05, 0.1) is 4.90 Å². The molecule has 27 heavy (non-hydrogen) atoms. The Morgan fingerprint density at radius 3 is 2.33 bits per heavy atom. The van der Waals surface area contributed by atoms with E-state index in [9.17, 15) is 18.0 Å². The van der Waals surface area contributed by atoms with Crippen molar-refractivity contribution in [3.05, 3.63) is 54.1 Å². The monoisotopic (exact) mass is 392 g/mol. The van der Waals surface area contributed by atoms with Crippen LogP contribution < -0.4 is 15.2 Å². The van der Waals surface area contributed by atoms with E-state index in [1.54, 1.807) is 12.1 Å². The van der Waals surface area contributed by atoms with Crippen LogP contribution in [0, 0.1) is 6.92 Å². The second-order valence-corrected chi connectivity index (χ2v) is 7.31. The van der Waals surface area contributed by atoms with Crippen molar-refractivity contribution in [2.75, 3.05) is 11.9 Å². The van der Waals surface area contributed by atoms with E-state index < -0.39 is 28.0 Å². The minimum absolute atomic E-state index is 0.0756. The van der Waals surface area contributed by atoms with E-state index in [2.05, 4.69) is 5.32 Å². The zero-order valence-electron chi connectivity index (χ0n) is 14.8. The number of carbonyl (C=O) groups excluding carboxylic acids is 2. The molecule has 0 saturated carbocycles. The highest BCUT2D eigenvalue weighted by Gasteiger charge is 2.19. The minimum Gasteiger partial charge on any atom is -0.482 e. The molecule has 1 amide bonds. The van der Waals surface area contributed by atoms with Crippen LogP contribution in [0.5, 0.6) is 5.75 Å². The fraction of sp³-hybridized carbons (Fsp3) is 0.222. The fourth-order valence-corrected chi connectivity index (χ4v) is 2.63. The Kier molecular flexibility index (Phi) is 6.54. The molecule has 0 bridgehead atoms. The van der Waals surface area contributed by atoms with Gasteiger partial charge in [0.1, 0.15) is 5.75 Å². The van der Waals surface area contributed by atoms with Crippen LogP contribution in [0.1, 0.15) is 12.5 Å². The van der Waals surface area contributed by atoms with Gasteiger partial charge in [0.2, 0.25) is 10.0 Å². The number of sulfonamides is 1. The Hall–Kier alpha value is -2.91. The largest absolute Gasteiger partial charge is 0.482 e. The number of nitrogens with one attached hydrogen (secondary N) is 1. The first kappa shape index (κ1) is 20.4. The molecule has 0 spiro atoms. The van der Waals surface area contributed by atoms with Crippen LogP contribution in [-0.4, -0.2) is 33.0 Å². The Balaban J connectivity index is 1.86. The summed E-state index contributed by atoms with van der Waals surface area (Å²) in [4.78, 5) is 23.9. The standard InChI is InChI=1S/C18H20N2O6S/c1-12-5-3-4-6-16(12)25-11-17(21)26-13(2)18(22)20-14-7-9-15(10-8-14)27(19,23)24/h3-10,13H,11H2,1-2H3,(H,20,22)(H2,19,23,24)/t13-/m1/s1.